The first-order chi connectivity index (χ1) is 10.1. The molecular formula is C14H17BrF2N4. The number of nitrogens with two attached hydrogens (primary N) is 1. The normalized spacial score (nSPS) is 12.6. The summed E-state index contributed by atoms with van der Waals surface area (Å²) in [6.45, 7) is 2.93. The van der Waals surface area contributed by atoms with Crippen LogP contribution < -0.4 is 11.3 Å². The fourth-order valence-corrected chi connectivity index (χ4v) is 2.82. The lowest BCUT2D eigenvalue weighted by atomic mass is 10.0. The number of hydrazine groups is 1. The fraction of sp³-hybridized carbons (Fsp3) is 0.357. The monoisotopic (exact) mass is 358 g/mol. The third kappa shape index (κ3) is 3.48. The lowest BCUT2D eigenvalue weighted by Gasteiger charge is -2.18. The summed E-state index contributed by atoms with van der Waals surface area (Å²) in [4.78, 5) is 4.30. The summed E-state index contributed by atoms with van der Waals surface area (Å²) < 4.78 is 29.0. The molecule has 7 heteroatoms. The van der Waals surface area contributed by atoms with Gasteiger partial charge >= 0.3 is 0 Å². The molecule has 0 fully saturated rings. The van der Waals surface area contributed by atoms with Gasteiger partial charge in [-0.1, -0.05) is 13.0 Å². The molecule has 0 aliphatic rings. The van der Waals surface area contributed by atoms with E-state index in [2.05, 4.69) is 33.3 Å². The first-order valence-corrected chi connectivity index (χ1v) is 7.47. The van der Waals surface area contributed by atoms with Crippen molar-refractivity contribution >= 4 is 15.9 Å². The zero-order valence-electron chi connectivity index (χ0n) is 11.6. The number of aromatic nitrogens is 2. The van der Waals surface area contributed by atoms with Crippen molar-refractivity contribution in [2.45, 2.75) is 32.4 Å². The van der Waals surface area contributed by atoms with Gasteiger partial charge in [0.25, 0.3) is 0 Å². The molecule has 1 aromatic carbocycles. The number of nitrogens with one attached hydrogen (secondary N) is 1. The fourth-order valence-electron chi connectivity index (χ4n) is 2.23. The highest BCUT2D eigenvalue weighted by molar-refractivity contribution is 9.10. The third-order valence-corrected chi connectivity index (χ3v) is 4.10. The van der Waals surface area contributed by atoms with Gasteiger partial charge in [-0.15, -0.1) is 0 Å². The maximum atomic E-state index is 13.7. The summed E-state index contributed by atoms with van der Waals surface area (Å²) in [5, 5.41) is 0. The predicted octanol–water partition coefficient (Wildman–Crippen LogP) is 3.08. The third-order valence-electron chi connectivity index (χ3n) is 3.29. The number of hydrogen-bond donors (Lipinski definition) is 2. The Hall–Kier alpha value is -1.31. The zero-order valence-corrected chi connectivity index (χ0v) is 13.2. The number of rotatable bonds is 6. The van der Waals surface area contributed by atoms with Gasteiger partial charge in [-0.3, -0.25) is 11.3 Å². The Balaban J connectivity index is 2.28. The molecule has 0 bridgehead atoms. The summed E-state index contributed by atoms with van der Waals surface area (Å²) in [5.41, 5.74) is 3.20. The lowest BCUT2D eigenvalue weighted by molar-refractivity contribution is 0.484. The molecule has 21 heavy (non-hydrogen) atoms. The number of halogens is 3. The van der Waals surface area contributed by atoms with Crippen LogP contribution >= 0.6 is 15.9 Å². The van der Waals surface area contributed by atoms with Crippen LogP contribution in [0.5, 0.6) is 0 Å². The van der Waals surface area contributed by atoms with Crippen LogP contribution in [-0.2, 0) is 13.0 Å². The van der Waals surface area contributed by atoms with E-state index >= 15 is 0 Å². The molecule has 1 unspecified atom stereocenters. The zero-order chi connectivity index (χ0) is 15.4. The number of nitrogens with zero attached hydrogens (tertiary/aromatic N) is 2. The Morgan fingerprint density at radius 2 is 2.19 bits per heavy atom. The minimum Gasteiger partial charge on any atom is -0.335 e. The van der Waals surface area contributed by atoms with Crippen molar-refractivity contribution < 1.29 is 8.78 Å². The second-order valence-electron chi connectivity index (χ2n) is 4.72. The maximum absolute atomic E-state index is 13.7. The Kier molecular flexibility index (Phi) is 5.44. The molecule has 2 rings (SSSR count). The van der Waals surface area contributed by atoms with Gasteiger partial charge in [0.15, 0.2) is 11.6 Å². The molecule has 0 aliphatic heterocycles. The van der Waals surface area contributed by atoms with Crippen LogP contribution in [0.2, 0.25) is 0 Å². The van der Waals surface area contributed by atoms with E-state index < -0.39 is 11.6 Å². The Labute approximate surface area is 130 Å². The summed E-state index contributed by atoms with van der Waals surface area (Å²) in [6, 6.07) is 2.24. The van der Waals surface area contributed by atoms with Crippen molar-refractivity contribution in [1.82, 2.24) is 15.0 Å². The quantitative estimate of drug-likeness (QED) is 0.474. The standard InChI is InChI=1S/C14H17BrF2N4/c1-2-6-21-7-5-19-12(21)8-11(20-18)9-3-4-10(16)14(17)13(9)15/h3-5,7,11,20H,2,6,8,18H2,1H3. The van der Waals surface area contributed by atoms with Gasteiger partial charge in [0, 0.05) is 25.4 Å². The van der Waals surface area contributed by atoms with Crippen LogP contribution in [0.3, 0.4) is 0 Å². The molecule has 1 atom stereocenters. The van der Waals surface area contributed by atoms with Crippen molar-refractivity contribution in [2.24, 2.45) is 5.84 Å². The van der Waals surface area contributed by atoms with Gasteiger partial charge in [0.05, 0.1) is 10.5 Å². The molecule has 0 saturated carbocycles. The van der Waals surface area contributed by atoms with E-state index in [9.17, 15) is 8.78 Å². The Morgan fingerprint density at radius 1 is 1.43 bits per heavy atom. The highest BCUT2D eigenvalue weighted by Gasteiger charge is 2.20. The van der Waals surface area contributed by atoms with Gasteiger partial charge in [-0.2, -0.15) is 0 Å². The first kappa shape index (κ1) is 16.1. The van der Waals surface area contributed by atoms with Crippen molar-refractivity contribution in [2.75, 3.05) is 0 Å². The highest BCUT2D eigenvalue weighted by atomic mass is 79.9. The molecule has 2 aromatic rings. The van der Waals surface area contributed by atoms with E-state index in [1.807, 2.05) is 10.8 Å². The van der Waals surface area contributed by atoms with E-state index in [0.717, 1.165) is 24.9 Å². The number of aryl methyl sites for hydroxylation is 1. The maximum Gasteiger partial charge on any atom is 0.173 e. The second-order valence-corrected chi connectivity index (χ2v) is 5.52. The molecule has 0 aliphatic carbocycles. The second kappa shape index (κ2) is 7.11. The lowest BCUT2D eigenvalue weighted by Crippen LogP contribution is -2.31. The number of imidazole rings is 1. The average molecular weight is 359 g/mol. The van der Waals surface area contributed by atoms with E-state index in [0.29, 0.717) is 12.0 Å². The molecule has 0 spiro atoms. The predicted molar refractivity (Wildman–Crippen MR) is 80.3 cm³/mol. The minimum atomic E-state index is -0.912. The van der Waals surface area contributed by atoms with Crippen molar-refractivity contribution in [3.8, 4) is 0 Å². The largest absolute Gasteiger partial charge is 0.335 e. The SMILES string of the molecule is CCCn1ccnc1CC(NN)c1ccc(F)c(F)c1Br. The first-order valence-electron chi connectivity index (χ1n) is 6.68. The Bertz CT molecular complexity index is 615. The molecule has 4 nitrogen and oxygen atoms in total. The molecule has 1 heterocycles. The minimum absolute atomic E-state index is 0.0825. The molecular weight excluding hydrogens is 342 g/mol. The number of hydrogen-bond acceptors (Lipinski definition) is 3. The van der Waals surface area contributed by atoms with Crippen LogP contribution in [0.25, 0.3) is 0 Å². The molecule has 0 saturated heterocycles. The average Bonchev–Trinajstić information content (AvgIpc) is 2.91. The van der Waals surface area contributed by atoms with Gasteiger partial charge in [0.1, 0.15) is 5.82 Å². The van der Waals surface area contributed by atoms with E-state index in [1.54, 1.807) is 6.20 Å². The molecule has 3 N–H and O–H groups in total. The van der Waals surface area contributed by atoms with Gasteiger partial charge in [0.2, 0.25) is 0 Å². The van der Waals surface area contributed by atoms with Gasteiger partial charge < -0.3 is 4.57 Å². The van der Waals surface area contributed by atoms with Crippen LogP contribution in [0.15, 0.2) is 29.0 Å². The molecule has 0 radical (unpaired) electrons. The summed E-state index contributed by atoms with van der Waals surface area (Å²) >= 11 is 3.09. The van der Waals surface area contributed by atoms with Crippen molar-refractivity contribution in [3.63, 3.8) is 0 Å². The van der Waals surface area contributed by atoms with E-state index in [1.165, 1.54) is 6.07 Å². The molecule has 0 amide bonds. The number of benzene rings is 1. The van der Waals surface area contributed by atoms with Gasteiger partial charge in [-0.25, -0.2) is 13.8 Å². The van der Waals surface area contributed by atoms with Crippen LogP contribution in [0.4, 0.5) is 8.78 Å². The van der Waals surface area contributed by atoms with Crippen LogP contribution in [-0.4, -0.2) is 9.55 Å². The Morgan fingerprint density at radius 3 is 2.86 bits per heavy atom. The van der Waals surface area contributed by atoms with Crippen molar-refractivity contribution in [3.05, 3.63) is 52.0 Å². The summed E-state index contributed by atoms with van der Waals surface area (Å²) in [5.74, 6) is 4.62. The topological polar surface area (TPSA) is 55.9 Å². The van der Waals surface area contributed by atoms with Crippen molar-refractivity contribution in [1.29, 1.82) is 0 Å². The van der Waals surface area contributed by atoms with E-state index in [-0.39, 0.29) is 10.5 Å². The van der Waals surface area contributed by atoms with Crippen LogP contribution in [0, 0.1) is 11.6 Å². The van der Waals surface area contributed by atoms with E-state index in [4.69, 9.17) is 5.84 Å². The van der Waals surface area contributed by atoms with Gasteiger partial charge in [-0.05, 0) is 34.0 Å². The smallest absolute Gasteiger partial charge is 0.173 e. The van der Waals surface area contributed by atoms with Crippen LogP contribution in [0.1, 0.15) is 30.8 Å². The summed E-state index contributed by atoms with van der Waals surface area (Å²) in [6.07, 6.45) is 5.08. The molecule has 114 valence electrons. The highest BCUT2D eigenvalue weighted by Crippen LogP contribution is 2.29. The molecule has 1 aromatic heterocycles. The summed E-state index contributed by atoms with van der Waals surface area (Å²) in [7, 11) is 0.